The van der Waals surface area contributed by atoms with Crippen molar-refractivity contribution < 1.29 is 23.9 Å². The summed E-state index contributed by atoms with van der Waals surface area (Å²) in [5, 5.41) is 2.64. The summed E-state index contributed by atoms with van der Waals surface area (Å²) < 4.78 is 11.6. The molecule has 2 aromatic carbocycles. The quantitative estimate of drug-likeness (QED) is 0.471. The Bertz CT molecular complexity index is 1040. The van der Waals surface area contributed by atoms with E-state index in [4.69, 9.17) is 21.1 Å². The number of carbonyl (C=O) groups excluding carboxylic acids is 3. The number of anilines is 1. The minimum atomic E-state index is -0.829. The number of imide groups is 2. The highest BCUT2D eigenvalue weighted by atomic mass is 79.9. The highest BCUT2D eigenvalue weighted by Gasteiger charge is 2.37. The van der Waals surface area contributed by atoms with Gasteiger partial charge < -0.3 is 9.47 Å². The Kier molecular flexibility index (Phi) is 6.79. The van der Waals surface area contributed by atoms with Crippen molar-refractivity contribution in [3.8, 4) is 11.5 Å². The third-order valence-electron chi connectivity index (χ3n) is 4.23. The van der Waals surface area contributed by atoms with Gasteiger partial charge in [-0.25, -0.2) is 9.69 Å². The number of carbonyl (C=O) groups is 3. The maximum absolute atomic E-state index is 13.0. The van der Waals surface area contributed by atoms with E-state index in [9.17, 15) is 14.4 Å². The standard InChI is InChI=1S/C21H18BrClN2O5/c1-3-8-30-18-11-16(22)12(10-17(18)29-2)9-15-19(26)24-21(28)25(20(15)27)14-6-4-13(23)5-7-14/h4-7,9-11H,3,8H2,1-2H3,(H,24,26,28)/b15-9-. The Morgan fingerprint density at radius 3 is 2.47 bits per heavy atom. The molecule has 0 unspecified atom stereocenters. The number of halogens is 2. The van der Waals surface area contributed by atoms with Crippen molar-refractivity contribution in [1.82, 2.24) is 5.32 Å². The van der Waals surface area contributed by atoms with Crippen molar-refractivity contribution in [2.75, 3.05) is 18.6 Å². The molecule has 30 heavy (non-hydrogen) atoms. The number of amides is 4. The first-order valence-corrected chi connectivity index (χ1v) is 10.2. The summed E-state index contributed by atoms with van der Waals surface area (Å²) in [6.07, 6.45) is 2.22. The molecule has 156 valence electrons. The van der Waals surface area contributed by atoms with Crippen LogP contribution in [0.15, 0.2) is 46.4 Å². The van der Waals surface area contributed by atoms with Crippen LogP contribution in [0.5, 0.6) is 11.5 Å². The predicted molar refractivity (Wildman–Crippen MR) is 117 cm³/mol. The van der Waals surface area contributed by atoms with Crippen molar-refractivity contribution >= 4 is 57.1 Å². The number of methoxy groups -OCH3 is 1. The summed E-state index contributed by atoms with van der Waals surface area (Å²) in [4.78, 5) is 38.5. The molecule has 1 saturated heterocycles. The topological polar surface area (TPSA) is 84.9 Å². The van der Waals surface area contributed by atoms with Crippen molar-refractivity contribution in [1.29, 1.82) is 0 Å². The van der Waals surface area contributed by atoms with Crippen LogP contribution >= 0.6 is 27.5 Å². The molecular formula is C21H18BrClN2O5. The van der Waals surface area contributed by atoms with Gasteiger partial charge in [0.25, 0.3) is 11.8 Å². The second-order valence-corrected chi connectivity index (χ2v) is 7.60. The van der Waals surface area contributed by atoms with Crippen LogP contribution in [0.2, 0.25) is 5.02 Å². The number of benzene rings is 2. The molecule has 7 nitrogen and oxygen atoms in total. The number of nitrogens with zero attached hydrogens (tertiary/aromatic N) is 1. The third kappa shape index (κ3) is 4.49. The van der Waals surface area contributed by atoms with E-state index in [1.807, 2.05) is 6.92 Å². The van der Waals surface area contributed by atoms with Crippen LogP contribution in [0.1, 0.15) is 18.9 Å². The van der Waals surface area contributed by atoms with Crippen molar-refractivity contribution in [3.05, 3.63) is 57.0 Å². The van der Waals surface area contributed by atoms with E-state index < -0.39 is 17.8 Å². The van der Waals surface area contributed by atoms with Gasteiger partial charge in [-0.15, -0.1) is 0 Å². The van der Waals surface area contributed by atoms with E-state index in [-0.39, 0.29) is 5.57 Å². The first kappa shape index (κ1) is 21.9. The number of barbiturate groups is 1. The van der Waals surface area contributed by atoms with Gasteiger partial charge in [0.1, 0.15) is 5.57 Å². The summed E-state index contributed by atoms with van der Waals surface area (Å²) in [6.45, 7) is 2.50. The average Bonchev–Trinajstić information content (AvgIpc) is 2.71. The normalized spacial score (nSPS) is 15.4. The van der Waals surface area contributed by atoms with Crippen molar-refractivity contribution in [3.63, 3.8) is 0 Å². The Hall–Kier alpha value is -2.84. The number of rotatable bonds is 6. The smallest absolute Gasteiger partial charge is 0.335 e. The molecule has 0 radical (unpaired) electrons. The number of hydrogen-bond donors (Lipinski definition) is 1. The molecule has 0 spiro atoms. The van der Waals surface area contributed by atoms with Crippen LogP contribution in [-0.2, 0) is 9.59 Å². The number of ether oxygens (including phenoxy) is 2. The Morgan fingerprint density at radius 2 is 1.83 bits per heavy atom. The predicted octanol–water partition coefficient (Wildman–Crippen LogP) is 4.57. The summed E-state index contributed by atoms with van der Waals surface area (Å²) >= 11 is 9.31. The Morgan fingerprint density at radius 1 is 1.13 bits per heavy atom. The SMILES string of the molecule is CCCOc1cc(Br)c(/C=C2/C(=O)NC(=O)N(c3ccc(Cl)cc3)C2=O)cc1OC. The van der Waals surface area contributed by atoms with Crippen LogP contribution in [-0.4, -0.2) is 31.6 Å². The lowest BCUT2D eigenvalue weighted by atomic mass is 10.1. The molecule has 9 heteroatoms. The molecule has 1 N–H and O–H groups in total. The molecule has 2 aromatic rings. The van der Waals surface area contributed by atoms with Crippen molar-refractivity contribution in [2.45, 2.75) is 13.3 Å². The Balaban J connectivity index is 2.01. The van der Waals surface area contributed by atoms with Gasteiger partial charge in [-0.2, -0.15) is 0 Å². The van der Waals surface area contributed by atoms with Crippen LogP contribution in [0.3, 0.4) is 0 Å². The maximum atomic E-state index is 13.0. The van der Waals surface area contributed by atoms with Crippen LogP contribution in [0, 0.1) is 0 Å². The van der Waals surface area contributed by atoms with Crippen LogP contribution < -0.4 is 19.7 Å². The molecule has 1 fully saturated rings. The largest absolute Gasteiger partial charge is 0.493 e. The lowest BCUT2D eigenvalue weighted by molar-refractivity contribution is -0.122. The first-order chi connectivity index (χ1) is 14.3. The maximum Gasteiger partial charge on any atom is 0.335 e. The van der Waals surface area contributed by atoms with E-state index in [1.165, 1.54) is 25.3 Å². The van der Waals surface area contributed by atoms with Crippen LogP contribution in [0.4, 0.5) is 10.5 Å². The third-order valence-corrected chi connectivity index (χ3v) is 5.17. The second kappa shape index (κ2) is 9.32. The van der Waals surface area contributed by atoms with Gasteiger partial charge >= 0.3 is 6.03 Å². The zero-order chi connectivity index (χ0) is 21.8. The molecule has 0 aromatic heterocycles. The zero-order valence-corrected chi connectivity index (χ0v) is 18.5. The summed E-state index contributed by atoms with van der Waals surface area (Å²) in [5.74, 6) is -0.547. The molecule has 0 saturated carbocycles. The number of hydrogen-bond acceptors (Lipinski definition) is 5. The summed E-state index contributed by atoms with van der Waals surface area (Å²) in [5.41, 5.74) is 0.606. The Labute approximate surface area is 186 Å². The fourth-order valence-corrected chi connectivity index (χ4v) is 3.35. The molecule has 0 atom stereocenters. The fraction of sp³-hybridized carbons (Fsp3) is 0.190. The number of urea groups is 1. The summed E-state index contributed by atoms with van der Waals surface area (Å²) in [7, 11) is 1.50. The fourth-order valence-electron chi connectivity index (χ4n) is 2.78. The lowest BCUT2D eigenvalue weighted by Crippen LogP contribution is -2.54. The van der Waals surface area contributed by atoms with E-state index in [2.05, 4.69) is 21.2 Å². The summed E-state index contributed by atoms with van der Waals surface area (Å²) in [6, 6.07) is 8.66. The van der Waals surface area contributed by atoms with E-state index in [0.717, 1.165) is 11.3 Å². The average molecular weight is 494 g/mol. The highest BCUT2D eigenvalue weighted by molar-refractivity contribution is 9.10. The van der Waals surface area contributed by atoms with Gasteiger partial charge in [0.15, 0.2) is 11.5 Å². The molecule has 0 bridgehead atoms. The van der Waals surface area contributed by atoms with Gasteiger partial charge in [0.2, 0.25) is 0 Å². The monoisotopic (exact) mass is 492 g/mol. The molecule has 4 amide bonds. The van der Waals surface area contributed by atoms with Gasteiger partial charge in [-0.3, -0.25) is 14.9 Å². The van der Waals surface area contributed by atoms with E-state index in [0.29, 0.717) is 38.9 Å². The van der Waals surface area contributed by atoms with Crippen LogP contribution in [0.25, 0.3) is 6.08 Å². The molecule has 3 rings (SSSR count). The highest BCUT2D eigenvalue weighted by Crippen LogP contribution is 2.35. The lowest BCUT2D eigenvalue weighted by Gasteiger charge is -2.26. The minimum Gasteiger partial charge on any atom is -0.493 e. The van der Waals surface area contributed by atoms with E-state index >= 15 is 0 Å². The van der Waals surface area contributed by atoms with Crippen molar-refractivity contribution in [2.24, 2.45) is 0 Å². The molecule has 0 aliphatic carbocycles. The molecule has 1 aliphatic rings. The van der Waals surface area contributed by atoms with Gasteiger partial charge in [0.05, 0.1) is 19.4 Å². The number of nitrogens with one attached hydrogen (secondary N) is 1. The molecule has 1 aliphatic heterocycles. The van der Waals surface area contributed by atoms with Gasteiger partial charge in [-0.05, 0) is 54.5 Å². The first-order valence-electron chi connectivity index (χ1n) is 9.03. The van der Waals surface area contributed by atoms with Gasteiger partial charge in [-0.1, -0.05) is 34.5 Å². The molecular weight excluding hydrogens is 476 g/mol. The molecule has 1 heterocycles. The van der Waals surface area contributed by atoms with Gasteiger partial charge in [0, 0.05) is 9.50 Å². The van der Waals surface area contributed by atoms with E-state index in [1.54, 1.807) is 24.3 Å². The minimum absolute atomic E-state index is 0.200. The zero-order valence-electron chi connectivity index (χ0n) is 16.2. The second-order valence-electron chi connectivity index (χ2n) is 6.31.